The number of carbonyl (C=O) groups is 1. The largest absolute Gasteiger partial charge is 0.478 e. The molecule has 80 valence electrons. The van der Waals surface area contributed by atoms with Crippen molar-refractivity contribution in [2.75, 3.05) is 5.73 Å². The highest BCUT2D eigenvalue weighted by Crippen LogP contribution is 2.37. The summed E-state index contributed by atoms with van der Waals surface area (Å²) in [5, 5.41) is 8.95. The first-order chi connectivity index (χ1) is 6.89. The number of benzene rings is 1. The van der Waals surface area contributed by atoms with Crippen LogP contribution in [0.2, 0.25) is 0 Å². The van der Waals surface area contributed by atoms with Crippen LogP contribution in [-0.2, 0) is 12.8 Å². The third kappa shape index (κ3) is 1.69. The number of hydrogen-bond donors (Lipinski definition) is 2. The van der Waals surface area contributed by atoms with Gasteiger partial charge in [0, 0.05) is 5.69 Å². The quantitative estimate of drug-likeness (QED) is 0.690. The molecule has 1 aliphatic carbocycles. The smallest absolute Gasteiger partial charge is 0.337 e. The number of fused-ring (bicyclic) bond motifs is 1. The van der Waals surface area contributed by atoms with Crippen LogP contribution in [0.3, 0.4) is 0 Å². The highest BCUT2D eigenvalue weighted by molar-refractivity contribution is 5.94. The summed E-state index contributed by atoms with van der Waals surface area (Å²) in [4.78, 5) is 10.9. The van der Waals surface area contributed by atoms with Crippen molar-refractivity contribution in [3.63, 3.8) is 0 Å². The molecule has 0 saturated carbocycles. The predicted octanol–water partition coefficient (Wildman–Crippen LogP) is 2.09. The van der Waals surface area contributed by atoms with Crippen molar-refractivity contribution in [2.45, 2.75) is 26.7 Å². The second-order valence-corrected chi connectivity index (χ2v) is 5.03. The van der Waals surface area contributed by atoms with Gasteiger partial charge < -0.3 is 10.8 Å². The van der Waals surface area contributed by atoms with Gasteiger partial charge in [0.05, 0.1) is 5.56 Å². The first kappa shape index (κ1) is 10.0. The fourth-order valence-electron chi connectivity index (χ4n) is 2.32. The summed E-state index contributed by atoms with van der Waals surface area (Å²) in [6.45, 7) is 4.37. The minimum atomic E-state index is -0.944. The number of nitrogen functional groups attached to an aromatic ring is 1. The number of nitrogens with two attached hydrogens (primary N) is 1. The maximum Gasteiger partial charge on any atom is 0.337 e. The lowest BCUT2D eigenvalue weighted by Gasteiger charge is -2.14. The molecule has 3 N–H and O–H groups in total. The number of carboxylic acid groups (broad SMARTS) is 1. The molecule has 3 nitrogen and oxygen atoms in total. The fourth-order valence-corrected chi connectivity index (χ4v) is 2.32. The summed E-state index contributed by atoms with van der Waals surface area (Å²) in [5.74, 6) is -0.944. The standard InChI is InChI=1S/C12H15NO2/c1-12(2)5-7-3-9(11(14)15)10(13)4-8(7)6-12/h3-4H,5-6,13H2,1-2H3,(H,14,15). The first-order valence-corrected chi connectivity index (χ1v) is 5.04. The molecule has 0 aliphatic heterocycles. The zero-order valence-electron chi connectivity index (χ0n) is 9.00. The number of carboxylic acids is 1. The van der Waals surface area contributed by atoms with Crippen molar-refractivity contribution in [1.29, 1.82) is 0 Å². The molecule has 1 aromatic carbocycles. The molecule has 15 heavy (non-hydrogen) atoms. The van der Waals surface area contributed by atoms with E-state index in [9.17, 15) is 4.79 Å². The summed E-state index contributed by atoms with van der Waals surface area (Å²) < 4.78 is 0. The van der Waals surface area contributed by atoms with Gasteiger partial charge in [-0.1, -0.05) is 13.8 Å². The van der Waals surface area contributed by atoms with Gasteiger partial charge in [0.1, 0.15) is 0 Å². The molecule has 0 aromatic heterocycles. The lowest BCUT2D eigenvalue weighted by Crippen LogP contribution is -2.09. The minimum absolute atomic E-state index is 0.228. The molecular formula is C12H15NO2. The van der Waals surface area contributed by atoms with Gasteiger partial charge in [-0.25, -0.2) is 4.79 Å². The van der Waals surface area contributed by atoms with Gasteiger partial charge in [-0.3, -0.25) is 0 Å². The topological polar surface area (TPSA) is 63.3 Å². The first-order valence-electron chi connectivity index (χ1n) is 5.04. The number of rotatable bonds is 1. The molecule has 2 rings (SSSR count). The summed E-state index contributed by atoms with van der Waals surface area (Å²) in [6.07, 6.45) is 1.91. The Labute approximate surface area is 88.9 Å². The van der Waals surface area contributed by atoms with Crippen LogP contribution >= 0.6 is 0 Å². The van der Waals surface area contributed by atoms with E-state index in [0.29, 0.717) is 5.69 Å². The zero-order valence-corrected chi connectivity index (χ0v) is 9.00. The molecule has 3 heteroatoms. The maximum atomic E-state index is 10.9. The zero-order chi connectivity index (χ0) is 11.2. The third-order valence-corrected chi connectivity index (χ3v) is 2.94. The van der Waals surface area contributed by atoms with Gasteiger partial charge in [0.25, 0.3) is 0 Å². The van der Waals surface area contributed by atoms with Crippen LogP contribution in [0, 0.1) is 5.41 Å². The Balaban J connectivity index is 2.50. The van der Waals surface area contributed by atoms with Crippen LogP contribution in [0.25, 0.3) is 0 Å². The summed E-state index contributed by atoms with van der Waals surface area (Å²) in [6, 6.07) is 3.54. The Bertz CT molecular complexity index is 435. The number of hydrogen-bond acceptors (Lipinski definition) is 2. The van der Waals surface area contributed by atoms with Gasteiger partial charge >= 0.3 is 5.97 Å². The van der Waals surface area contributed by atoms with Crippen molar-refractivity contribution >= 4 is 11.7 Å². The van der Waals surface area contributed by atoms with Gasteiger partial charge in [0.15, 0.2) is 0 Å². The van der Waals surface area contributed by atoms with E-state index in [1.54, 1.807) is 6.07 Å². The van der Waals surface area contributed by atoms with Crippen LogP contribution < -0.4 is 5.73 Å². The van der Waals surface area contributed by atoms with E-state index in [0.717, 1.165) is 18.4 Å². The van der Waals surface area contributed by atoms with E-state index in [4.69, 9.17) is 10.8 Å². The normalized spacial score (nSPS) is 17.5. The Morgan fingerprint density at radius 2 is 1.87 bits per heavy atom. The molecule has 0 heterocycles. The van der Waals surface area contributed by atoms with Crippen LogP contribution in [0.15, 0.2) is 12.1 Å². The van der Waals surface area contributed by atoms with Crippen molar-refractivity contribution < 1.29 is 9.90 Å². The monoisotopic (exact) mass is 205 g/mol. The number of anilines is 1. The Hall–Kier alpha value is -1.51. The van der Waals surface area contributed by atoms with Gasteiger partial charge in [-0.2, -0.15) is 0 Å². The average Bonchev–Trinajstić information content (AvgIpc) is 2.36. The Morgan fingerprint density at radius 3 is 2.40 bits per heavy atom. The van der Waals surface area contributed by atoms with E-state index < -0.39 is 5.97 Å². The summed E-state index contributed by atoms with van der Waals surface area (Å²) in [7, 11) is 0. The average molecular weight is 205 g/mol. The van der Waals surface area contributed by atoms with Crippen LogP contribution in [0.1, 0.15) is 35.3 Å². The van der Waals surface area contributed by atoms with Crippen molar-refractivity contribution in [1.82, 2.24) is 0 Å². The molecule has 0 unspecified atom stereocenters. The second kappa shape index (κ2) is 2.99. The molecule has 0 bridgehead atoms. The van der Waals surface area contributed by atoms with E-state index in [1.807, 2.05) is 6.07 Å². The molecule has 0 amide bonds. The number of aromatic carboxylic acids is 1. The van der Waals surface area contributed by atoms with Crippen molar-refractivity contribution in [3.8, 4) is 0 Å². The highest BCUT2D eigenvalue weighted by atomic mass is 16.4. The van der Waals surface area contributed by atoms with Crippen LogP contribution in [0.5, 0.6) is 0 Å². The van der Waals surface area contributed by atoms with E-state index in [2.05, 4.69) is 13.8 Å². The Morgan fingerprint density at radius 1 is 1.33 bits per heavy atom. The lowest BCUT2D eigenvalue weighted by molar-refractivity contribution is 0.0698. The molecule has 0 atom stereocenters. The van der Waals surface area contributed by atoms with Crippen molar-refractivity contribution in [2.24, 2.45) is 5.41 Å². The molecule has 0 fully saturated rings. The molecular weight excluding hydrogens is 190 g/mol. The summed E-state index contributed by atoms with van der Waals surface area (Å²) >= 11 is 0. The molecule has 1 aromatic rings. The second-order valence-electron chi connectivity index (χ2n) is 5.03. The maximum absolute atomic E-state index is 10.9. The molecule has 0 saturated heterocycles. The van der Waals surface area contributed by atoms with E-state index in [1.165, 1.54) is 5.56 Å². The van der Waals surface area contributed by atoms with Crippen LogP contribution in [0.4, 0.5) is 5.69 Å². The molecule has 1 aliphatic rings. The van der Waals surface area contributed by atoms with Crippen LogP contribution in [-0.4, -0.2) is 11.1 Å². The van der Waals surface area contributed by atoms with E-state index in [-0.39, 0.29) is 11.0 Å². The highest BCUT2D eigenvalue weighted by Gasteiger charge is 2.29. The van der Waals surface area contributed by atoms with Gasteiger partial charge in [-0.05, 0) is 41.5 Å². The Kier molecular flexibility index (Phi) is 2.00. The predicted molar refractivity (Wildman–Crippen MR) is 59.0 cm³/mol. The minimum Gasteiger partial charge on any atom is -0.478 e. The van der Waals surface area contributed by atoms with E-state index >= 15 is 0 Å². The lowest BCUT2D eigenvalue weighted by atomic mass is 9.90. The SMILES string of the molecule is CC1(C)Cc2cc(N)c(C(=O)O)cc2C1. The summed E-state index contributed by atoms with van der Waals surface area (Å²) in [5.41, 5.74) is 8.86. The van der Waals surface area contributed by atoms with Crippen molar-refractivity contribution in [3.05, 3.63) is 28.8 Å². The fraction of sp³-hybridized carbons (Fsp3) is 0.417. The van der Waals surface area contributed by atoms with Gasteiger partial charge in [0.2, 0.25) is 0 Å². The third-order valence-electron chi connectivity index (χ3n) is 2.94. The molecule has 0 spiro atoms. The molecule has 0 radical (unpaired) electrons. The van der Waals surface area contributed by atoms with Gasteiger partial charge in [-0.15, -0.1) is 0 Å².